The summed E-state index contributed by atoms with van der Waals surface area (Å²) in [6, 6.07) is 6.55. The van der Waals surface area contributed by atoms with Crippen molar-refractivity contribution in [2.75, 3.05) is 40.3 Å². The van der Waals surface area contributed by atoms with Crippen LogP contribution in [0.2, 0.25) is 0 Å². The molecule has 0 amide bonds. The van der Waals surface area contributed by atoms with Crippen molar-refractivity contribution in [2.24, 2.45) is 16.7 Å². The molecule has 1 fully saturated rings. The van der Waals surface area contributed by atoms with Crippen molar-refractivity contribution in [3.05, 3.63) is 11.1 Å². The molecule has 6 nitrogen and oxygen atoms in total. The second-order valence-electron chi connectivity index (χ2n) is 7.65. The third kappa shape index (κ3) is 2.02. The van der Waals surface area contributed by atoms with Crippen molar-refractivity contribution in [1.29, 1.82) is 21.2 Å². The third-order valence-electron chi connectivity index (χ3n) is 6.40. The maximum absolute atomic E-state index is 9.88. The van der Waals surface area contributed by atoms with E-state index >= 15 is 0 Å². The van der Waals surface area contributed by atoms with Crippen LogP contribution in [0.25, 0.3) is 0 Å². The summed E-state index contributed by atoms with van der Waals surface area (Å²) in [5.41, 5.74) is 0.128. The minimum absolute atomic E-state index is 0.0212. The molecule has 124 valence electrons. The number of quaternary nitrogens is 2. The van der Waals surface area contributed by atoms with Gasteiger partial charge in [0.15, 0.2) is 0 Å². The molecule has 3 aliphatic rings. The standard InChI is InChI=1S/C18H22N6/c1-23-7-4-17(5-8-23)14(9-19)16(22)18(11-20,12-21)13-3-6-24(2)10-15(13)17/h14,22H,3-8,10H2,1-2H3/p+2. The fraction of sp³-hybridized carbons (Fsp3) is 0.667. The van der Waals surface area contributed by atoms with Gasteiger partial charge in [-0.2, -0.15) is 15.8 Å². The predicted molar refractivity (Wildman–Crippen MR) is 87.0 cm³/mol. The third-order valence-corrected chi connectivity index (χ3v) is 6.40. The lowest BCUT2D eigenvalue weighted by Crippen LogP contribution is -3.11. The molecule has 24 heavy (non-hydrogen) atoms. The van der Waals surface area contributed by atoms with Crippen molar-refractivity contribution >= 4 is 5.71 Å². The fourth-order valence-corrected chi connectivity index (χ4v) is 4.89. The molecule has 2 atom stereocenters. The zero-order valence-corrected chi connectivity index (χ0v) is 14.4. The van der Waals surface area contributed by atoms with Crippen molar-refractivity contribution in [3.8, 4) is 18.2 Å². The summed E-state index contributed by atoms with van der Waals surface area (Å²) in [7, 11) is 4.28. The lowest BCUT2D eigenvalue weighted by molar-refractivity contribution is -0.889. The molecule has 6 heteroatoms. The van der Waals surface area contributed by atoms with E-state index in [2.05, 4.69) is 32.3 Å². The van der Waals surface area contributed by atoms with Crippen LogP contribution >= 0.6 is 0 Å². The van der Waals surface area contributed by atoms with Crippen LogP contribution in [-0.2, 0) is 0 Å². The van der Waals surface area contributed by atoms with Gasteiger partial charge in [0.2, 0.25) is 5.41 Å². The maximum Gasteiger partial charge on any atom is 0.203 e. The summed E-state index contributed by atoms with van der Waals surface area (Å²) in [5.74, 6) is -0.658. The second kappa shape index (κ2) is 5.71. The molecule has 1 saturated heterocycles. The molecule has 2 aliphatic heterocycles. The van der Waals surface area contributed by atoms with Crippen LogP contribution in [0.1, 0.15) is 19.3 Å². The highest BCUT2D eigenvalue weighted by molar-refractivity contribution is 6.01. The zero-order chi connectivity index (χ0) is 17.5. The van der Waals surface area contributed by atoms with Gasteiger partial charge in [0, 0.05) is 24.7 Å². The number of hydrogen-bond donors (Lipinski definition) is 3. The Morgan fingerprint density at radius 3 is 2.17 bits per heavy atom. The maximum atomic E-state index is 9.88. The van der Waals surface area contributed by atoms with Gasteiger partial charge < -0.3 is 15.2 Å². The highest BCUT2D eigenvalue weighted by atomic mass is 15.1. The molecule has 0 aromatic carbocycles. The summed E-state index contributed by atoms with van der Waals surface area (Å²) in [6.07, 6.45) is 2.39. The van der Waals surface area contributed by atoms with E-state index in [1.54, 1.807) is 0 Å². The number of fused-ring (bicyclic) bond motifs is 1. The highest BCUT2D eigenvalue weighted by Gasteiger charge is 2.61. The van der Waals surface area contributed by atoms with E-state index in [-0.39, 0.29) is 11.1 Å². The van der Waals surface area contributed by atoms with E-state index in [1.165, 1.54) is 9.80 Å². The lowest BCUT2D eigenvalue weighted by Gasteiger charge is -2.51. The van der Waals surface area contributed by atoms with E-state index in [4.69, 9.17) is 5.41 Å². The number of nitrogens with zero attached hydrogens (tertiary/aromatic N) is 3. The molecule has 3 N–H and O–H groups in total. The minimum atomic E-state index is -1.53. The first-order chi connectivity index (χ1) is 11.4. The van der Waals surface area contributed by atoms with Gasteiger partial charge in [-0.3, -0.25) is 0 Å². The molecular formula is C18H24N6+2. The van der Waals surface area contributed by atoms with Crippen LogP contribution in [0.5, 0.6) is 0 Å². The average molecular weight is 324 g/mol. The molecule has 2 heterocycles. The highest BCUT2D eigenvalue weighted by Crippen LogP contribution is 2.54. The Kier molecular flexibility index (Phi) is 3.96. The van der Waals surface area contributed by atoms with Gasteiger partial charge in [0.05, 0.1) is 70.1 Å². The number of likely N-dealkylation sites (tertiary alicyclic amines) is 1. The Labute approximate surface area is 143 Å². The fourth-order valence-electron chi connectivity index (χ4n) is 4.89. The van der Waals surface area contributed by atoms with Crippen LogP contribution in [0, 0.1) is 56.2 Å². The molecule has 0 bridgehead atoms. The zero-order valence-electron chi connectivity index (χ0n) is 14.4. The predicted octanol–water partition coefficient (Wildman–Crippen LogP) is -1.30. The van der Waals surface area contributed by atoms with Crippen molar-refractivity contribution < 1.29 is 9.80 Å². The second-order valence-corrected chi connectivity index (χ2v) is 7.65. The quantitative estimate of drug-likeness (QED) is 0.483. The number of hydrogen-bond acceptors (Lipinski definition) is 4. The van der Waals surface area contributed by atoms with Gasteiger partial charge in [0.1, 0.15) is 0 Å². The Hall–Kier alpha value is -2.20. The Morgan fingerprint density at radius 1 is 1.00 bits per heavy atom. The van der Waals surface area contributed by atoms with Crippen LogP contribution < -0.4 is 9.80 Å². The average Bonchev–Trinajstić information content (AvgIpc) is 2.59. The van der Waals surface area contributed by atoms with E-state index in [0.717, 1.165) is 50.2 Å². The first-order valence-electron chi connectivity index (χ1n) is 8.62. The molecule has 1 aliphatic carbocycles. The van der Waals surface area contributed by atoms with Crippen molar-refractivity contribution in [3.63, 3.8) is 0 Å². The van der Waals surface area contributed by atoms with E-state index in [9.17, 15) is 15.8 Å². The molecule has 0 saturated carbocycles. The normalized spacial score (nSPS) is 38.0. The number of nitriles is 3. The van der Waals surface area contributed by atoms with E-state index in [0.29, 0.717) is 6.42 Å². The largest absolute Gasteiger partial charge is 0.337 e. The summed E-state index contributed by atoms with van der Waals surface area (Å²) in [4.78, 5) is 2.80. The number of nitrogens with one attached hydrogen (secondary N) is 3. The van der Waals surface area contributed by atoms with Crippen molar-refractivity contribution in [1.82, 2.24) is 0 Å². The first-order valence-corrected chi connectivity index (χ1v) is 8.62. The SMILES string of the molecule is C[NH+]1CCC2(CC1)C1=C(CC[NH+](C)C1)C(C#N)(C#N)C(=N)C2C#N. The van der Waals surface area contributed by atoms with Gasteiger partial charge in [-0.1, -0.05) is 0 Å². The topological polar surface area (TPSA) is 104 Å². The number of likely N-dealkylation sites (N-methyl/N-ethyl adjacent to an activating group) is 1. The van der Waals surface area contributed by atoms with Gasteiger partial charge in [-0.15, -0.1) is 0 Å². The Morgan fingerprint density at radius 2 is 1.62 bits per heavy atom. The van der Waals surface area contributed by atoms with Gasteiger partial charge in [0.25, 0.3) is 0 Å². The van der Waals surface area contributed by atoms with Crippen LogP contribution in [0.15, 0.2) is 11.1 Å². The van der Waals surface area contributed by atoms with Crippen LogP contribution in [-0.4, -0.2) is 46.0 Å². The molecule has 0 aromatic heterocycles. The summed E-state index contributed by atoms with van der Waals surface area (Å²) >= 11 is 0. The smallest absolute Gasteiger partial charge is 0.203 e. The minimum Gasteiger partial charge on any atom is -0.337 e. The molecule has 0 radical (unpaired) electrons. The molecular weight excluding hydrogens is 300 g/mol. The van der Waals surface area contributed by atoms with E-state index in [1.807, 2.05) is 0 Å². The Balaban J connectivity index is 2.26. The van der Waals surface area contributed by atoms with Crippen LogP contribution in [0.3, 0.4) is 0 Å². The monoisotopic (exact) mass is 324 g/mol. The molecule has 0 aromatic rings. The molecule has 3 rings (SSSR count). The van der Waals surface area contributed by atoms with Gasteiger partial charge >= 0.3 is 0 Å². The first kappa shape index (κ1) is 16.7. The summed E-state index contributed by atoms with van der Waals surface area (Å²) in [6.45, 7) is 3.58. The van der Waals surface area contributed by atoms with E-state index < -0.39 is 11.3 Å². The molecule has 1 spiro atoms. The lowest BCUT2D eigenvalue weighted by atomic mass is 9.51. The molecule has 2 unspecified atom stereocenters. The van der Waals surface area contributed by atoms with Gasteiger partial charge in [-0.05, 0) is 11.1 Å². The number of rotatable bonds is 0. The summed E-state index contributed by atoms with van der Waals surface area (Å²) in [5, 5.41) is 38.1. The Bertz CT molecular complexity index is 706. The summed E-state index contributed by atoms with van der Waals surface area (Å²) < 4.78 is 0. The van der Waals surface area contributed by atoms with Gasteiger partial charge in [-0.25, -0.2) is 0 Å². The van der Waals surface area contributed by atoms with Crippen molar-refractivity contribution in [2.45, 2.75) is 19.3 Å². The van der Waals surface area contributed by atoms with Crippen LogP contribution in [0.4, 0.5) is 0 Å². The number of piperidine rings is 1.